The summed E-state index contributed by atoms with van der Waals surface area (Å²) in [7, 11) is 1.63. The Morgan fingerprint density at radius 1 is 0.882 bits per heavy atom. The Balaban J connectivity index is 2.23. The van der Waals surface area contributed by atoms with Crippen LogP contribution in [0.15, 0.2) is 48.5 Å². The molecular formula is C14H15BO2. The molecule has 0 radical (unpaired) electrons. The molecule has 17 heavy (non-hydrogen) atoms. The zero-order chi connectivity index (χ0) is 12.3. The highest BCUT2D eigenvalue weighted by atomic mass is 16.5. The maximum Gasteiger partial charge on any atom is 0.358 e. The van der Waals surface area contributed by atoms with Gasteiger partial charge in [-0.3, -0.25) is 0 Å². The monoisotopic (exact) mass is 226 g/mol. The van der Waals surface area contributed by atoms with Gasteiger partial charge >= 0.3 is 6.92 Å². The molecule has 0 saturated carbocycles. The molecule has 0 saturated heterocycles. The first-order valence-electron chi connectivity index (χ1n) is 5.59. The molecule has 0 bridgehead atoms. The minimum Gasteiger partial charge on any atom is -0.497 e. The lowest BCUT2D eigenvalue weighted by Gasteiger charge is -2.08. The number of benzene rings is 2. The van der Waals surface area contributed by atoms with E-state index in [2.05, 4.69) is 0 Å². The Hall–Kier alpha value is -1.74. The van der Waals surface area contributed by atoms with Crippen molar-refractivity contribution in [2.45, 2.75) is 6.92 Å². The average molecular weight is 226 g/mol. The molecule has 0 aromatic heterocycles. The van der Waals surface area contributed by atoms with E-state index in [0.717, 1.165) is 16.7 Å². The Bertz CT molecular complexity index is 477. The van der Waals surface area contributed by atoms with Gasteiger partial charge in [0.05, 0.1) is 7.11 Å². The van der Waals surface area contributed by atoms with Crippen LogP contribution in [0.4, 0.5) is 0 Å². The Morgan fingerprint density at radius 3 is 1.82 bits per heavy atom. The van der Waals surface area contributed by atoms with Gasteiger partial charge in [0.25, 0.3) is 0 Å². The Morgan fingerprint density at radius 2 is 1.35 bits per heavy atom. The molecule has 0 heterocycles. The third-order valence-corrected chi connectivity index (χ3v) is 2.82. The fourth-order valence-corrected chi connectivity index (χ4v) is 1.73. The van der Waals surface area contributed by atoms with E-state index in [9.17, 15) is 5.02 Å². The van der Waals surface area contributed by atoms with Crippen molar-refractivity contribution in [3.63, 3.8) is 0 Å². The van der Waals surface area contributed by atoms with Crippen molar-refractivity contribution in [1.82, 2.24) is 0 Å². The Labute approximate surface area is 102 Å². The van der Waals surface area contributed by atoms with Gasteiger partial charge in [-0.15, -0.1) is 0 Å². The van der Waals surface area contributed by atoms with Gasteiger partial charge in [-0.1, -0.05) is 42.0 Å². The van der Waals surface area contributed by atoms with Crippen molar-refractivity contribution in [2.75, 3.05) is 7.11 Å². The second-order valence-electron chi connectivity index (χ2n) is 4.09. The molecule has 2 nitrogen and oxygen atoms in total. The predicted octanol–water partition coefficient (Wildman–Crippen LogP) is 1.10. The molecule has 0 spiro atoms. The van der Waals surface area contributed by atoms with Crippen LogP contribution >= 0.6 is 0 Å². The average Bonchev–Trinajstić information content (AvgIpc) is 2.39. The largest absolute Gasteiger partial charge is 0.497 e. The van der Waals surface area contributed by atoms with Gasteiger partial charge in [0.2, 0.25) is 0 Å². The standard InChI is InChI=1S/C14H15BO2/c1-11-3-5-12(6-4-11)15(16)13-7-9-14(17-2)10-8-13/h3-10,16H,1-2H3. The lowest BCUT2D eigenvalue weighted by atomic mass is 9.56. The van der Waals surface area contributed by atoms with E-state index in [1.54, 1.807) is 7.11 Å². The van der Waals surface area contributed by atoms with Crippen LogP contribution in [0.2, 0.25) is 0 Å². The normalized spacial score (nSPS) is 10.1. The number of rotatable bonds is 3. The van der Waals surface area contributed by atoms with Crippen LogP contribution in [0.1, 0.15) is 5.56 Å². The van der Waals surface area contributed by atoms with Gasteiger partial charge in [-0.25, -0.2) is 0 Å². The maximum absolute atomic E-state index is 10.2. The summed E-state index contributed by atoms with van der Waals surface area (Å²) in [6.07, 6.45) is 0. The molecule has 86 valence electrons. The predicted molar refractivity (Wildman–Crippen MR) is 71.4 cm³/mol. The smallest absolute Gasteiger partial charge is 0.358 e. The summed E-state index contributed by atoms with van der Waals surface area (Å²) in [6.45, 7) is 1.45. The molecule has 0 aliphatic rings. The highest BCUT2D eigenvalue weighted by Crippen LogP contribution is 2.06. The van der Waals surface area contributed by atoms with E-state index in [1.165, 1.54) is 5.56 Å². The van der Waals surface area contributed by atoms with Gasteiger partial charge < -0.3 is 9.76 Å². The summed E-state index contributed by atoms with van der Waals surface area (Å²) < 4.78 is 5.09. The summed E-state index contributed by atoms with van der Waals surface area (Å²) in [4.78, 5) is 0. The quantitative estimate of drug-likeness (QED) is 0.794. The highest BCUT2D eigenvalue weighted by Gasteiger charge is 2.16. The SMILES string of the molecule is COc1ccc(B(O)c2ccc(C)cc2)cc1. The van der Waals surface area contributed by atoms with Crippen LogP contribution in [0.3, 0.4) is 0 Å². The number of methoxy groups -OCH3 is 1. The number of hydrogen-bond acceptors (Lipinski definition) is 2. The molecule has 0 aliphatic heterocycles. The van der Waals surface area contributed by atoms with Crippen molar-refractivity contribution in [3.05, 3.63) is 54.1 Å². The molecule has 0 amide bonds. The molecular weight excluding hydrogens is 211 g/mol. The zero-order valence-electron chi connectivity index (χ0n) is 10.1. The van der Waals surface area contributed by atoms with Crippen molar-refractivity contribution in [2.24, 2.45) is 0 Å². The first kappa shape index (κ1) is 11.7. The third kappa shape index (κ3) is 2.69. The molecule has 0 atom stereocenters. The van der Waals surface area contributed by atoms with Crippen LogP contribution in [0.5, 0.6) is 5.75 Å². The molecule has 3 heteroatoms. The molecule has 0 fully saturated rings. The van der Waals surface area contributed by atoms with E-state index >= 15 is 0 Å². The van der Waals surface area contributed by atoms with Gasteiger partial charge in [0.15, 0.2) is 0 Å². The summed E-state index contributed by atoms with van der Waals surface area (Å²) in [5.41, 5.74) is 2.96. The second kappa shape index (κ2) is 5.06. The molecule has 0 unspecified atom stereocenters. The lowest BCUT2D eigenvalue weighted by Crippen LogP contribution is -2.42. The zero-order valence-corrected chi connectivity index (χ0v) is 10.1. The van der Waals surface area contributed by atoms with Gasteiger partial charge in [0.1, 0.15) is 5.75 Å². The maximum atomic E-state index is 10.2. The van der Waals surface area contributed by atoms with E-state index < -0.39 is 6.92 Å². The molecule has 2 aromatic rings. The number of hydrogen-bond donors (Lipinski definition) is 1. The van der Waals surface area contributed by atoms with E-state index in [-0.39, 0.29) is 0 Å². The van der Waals surface area contributed by atoms with Crippen molar-refractivity contribution < 1.29 is 9.76 Å². The first-order chi connectivity index (χ1) is 8.20. The summed E-state index contributed by atoms with van der Waals surface area (Å²) in [5, 5.41) is 10.2. The summed E-state index contributed by atoms with van der Waals surface area (Å²) >= 11 is 0. The third-order valence-electron chi connectivity index (χ3n) is 2.82. The van der Waals surface area contributed by atoms with E-state index in [1.807, 2.05) is 55.5 Å². The van der Waals surface area contributed by atoms with E-state index in [0.29, 0.717) is 0 Å². The van der Waals surface area contributed by atoms with E-state index in [4.69, 9.17) is 4.74 Å². The minimum absolute atomic E-state index is 0.582. The first-order valence-corrected chi connectivity index (χ1v) is 5.59. The fourth-order valence-electron chi connectivity index (χ4n) is 1.73. The second-order valence-corrected chi connectivity index (χ2v) is 4.09. The molecule has 0 aliphatic carbocycles. The van der Waals surface area contributed by atoms with Crippen molar-refractivity contribution >= 4 is 17.8 Å². The topological polar surface area (TPSA) is 29.5 Å². The fraction of sp³-hybridized carbons (Fsp3) is 0.143. The van der Waals surface area contributed by atoms with Crippen molar-refractivity contribution in [3.8, 4) is 5.75 Å². The van der Waals surface area contributed by atoms with Gasteiger partial charge in [-0.2, -0.15) is 0 Å². The Kier molecular flexibility index (Phi) is 3.50. The van der Waals surface area contributed by atoms with Crippen LogP contribution in [-0.4, -0.2) is 19.0 Å². The van der Waals surface area contributed by atoms with Crippen molar-refractivity contribution in [1.29, 1.82) is 0 Å². The van der Waals surface area contributed by atoms with Crippen LogP contribution in [0, 0.1) is 6.92 Å². The summed E-state index contributed by atoms with van der Waals surface area (Å²) in [6, 6.07) is 15.4. The van der Waals surface area contributed by atoms with Crippen LogP contribution < -0.4 is 15.7 Å². The summed E-state index contributed by atoms with van der Waals surface area (Å²) in [5.74, 6) is 0.796. The van der Waals surface area contributed by atoms with Gasteiger partial charge in [0, 0.05) is 0 Å². The van der Waals surface area contributed by atoms with Crippen LogP contribution in [0.25, 0.3) is 0 Å². The number of ether oxygens (including phenoxy) is 1. The lowest BCUT2D eigenvalue weighted by molar-refractivity contribution is 0.415. The minimum atomic E-state index is -0.582. The highest BCUT2D eigenvalue weighted by molar-refractivity contribution is 6.78. The molecule has 1 N–H and O–H groups in total. The van der Waals surface area contributed by atoms with Gasteiger partial charge in [-0.05, 0) is 30.0 Å². The van der Waals surface area contributed by atoms with Crippen LogP contribution in [-0.2, 0) is 0 Å². The molecule has 2 rings (SSSR count). The molecule has 2 aromatic carbocycles. The number of aryl methyl sites for hydroxylation is 1.